The van der Waals surface area contributed by atoms with Crippen molar-refractivity contribution < 1.29 is 9.47 Å². The molecule has 2 heterocycles. The van der Waals surface area contributed by atoms with Crippen LogP contribution in [0.15, 0.2) is 48.8 Å². The van der Waals surface area contributed by atoms with E-state index in [-0.39, 0.29) is 0 Å². The van der Waals surface area contributed by atoms with Crippen LogP contribution < -0.4 is 9.47 Å². The topological polar surface area (TPSA) is 80.9 Å². The highest BCUT2D eigenvalue weighted by Gasteiger charge is 2.40. The van der Waals surface area contributed by atoms with Gasteiger partial charge in [-0.3, -0.25) is 4.98 Å². The van der Waals surface area contributed by atoms with Crippen molar-refractivity contribution >= 4 is 0 Å². The second kappa shape index (κ2) is 7.65. The average molecular weight is 372 g/mol. The molecule has 3 aromatic rings. The number of aryl methyl sites for hydroxylation is 1. The number of rotatable bonds is 6. The zero-order valence-electron chi connectivity index (χ0n) is 15.8. The van der Waals surface area contributed by atoms with E-state index < -0.39 is 0 Å². The molecule has 0 saturated heterocycles. The largest absolute Gasteiger partial charge is 0.495 e. The van der Waals surface area contributed by atoms with Gasteiger partial charge in [-0.05, 0) is 43.2 Å². The van der Waals surface area contributed by atoms with Gasteiger partial charge >= 0.3 is 0 Å². The number of pyridine rings is 1. The average Bonchev–Trinajstić information content (AvgIpc) is 3.52. The summed E-state index contributed by atoms with van der Waals surface area (Å²) < 4.78 is 11.2. The monoisotopic (exact) mass is 372 g/mol. The SMILES string of the molecule is COc1ccc(C2CC2COc2nc(C)ncc2-c2ccc(C#N)cc2)nc1. The summed E-state index contributed by atoms with van der Waals surface area (Å²) in [6.45, 7) is 2.43. The molecule has 2 aromatic heterocycles. The first kappa shape index (κ1) is 17.9. The number of nitriles is 1. The van der Waals surface area contributed by atoms with E-state index in [4.69, 9.17) is 14.7 Å². The van der Waals surface area contributed by atoms with Gasteiger partial charge in [-0.1, -0.05) is 12.1 Å². The zero-order valence-corrected chi connectivity index (χ0v) is 15.8. The standard InChI is InChI=1S/C22H20N4O2/c1-14-24-12-20(16-5-3-15(10-23)4-6-16)22(26-14)28-13-17-9-19(17)21-8-7-18(27-2)11-25-21/h3-8,11-12,17,19H,9,13H2,1-2H3. The minimum Gasteiger partial charge on any atom is -0.495 e. The fourth-order valence-corrected chi connectivity index (χ4v) is 3.19. The van der Waals surface area contributed by atoms with E-state index in [0.29, 0.717) is 35.7 Å². The Labute approximate surface area is 163 Å². The number of aromatic nitrogens is 3. The second-order valence-electron chi connectivity index (χ2n) is 6.86. The van der Waals surface area contributed by atoms with E-state index in [9.17, 15) is 0 Å². The smallest absolute Gasteiger partial charge is 0.224 e. The fourth-order valence-electron chi connectivity index (χ4n) is 3.19. The number of benzene rings is 1. The lowest BCUT2D eigenvalue weighted by molar-refractivity contribution is 0.285. The summed E-state index contributed by atoms with van der Waals surface area (Å²) in [5.41, 5.74) is 3.45. The zero-order chi connectivity index (χ0) is 19.5. The highest BCUT2D eigenvalue weighted by molar-refractivity contribution is 5.68. The summed E-state index contributed by atoms with van der Waals surface area (Å²) in [6.07, 6.45) is 4.58. The molecule has 1 saturated carbocycles. The number of methoxy groups -OCH3 is 1. The molecular weight excluding hydrogens is 352 g/mol. The molecule has 0 radical (unpaired) electrons. The van der Waals surface area contributed by atoms with Gasteiger partial charge in [0.2, 0.25) is 5.88 Å². The minimum absolute atomic E-state index is 0.409. The molecule has 1 aliphatic carbocycles. The van der Waals surface area contributed by atoms with Crippen LogP contribution in [0.1, 0.15) is 29.4 Å². The molecule has 0 aliphatic heterocycles. The Morgan fingerprint density at radius 2 is 1.93 bits per heavy atom. The maximum atomic E-state index is 8.98. The van der Waals surface area contributed by atoms with Crippen LogP contribution in [-0.4, -0.2) is 28.7 Å². The third kappa shape index (κ3) is 3.79. The lowest BCUT2D eigenvalue weighted by Gasteiger charge is -2.11. The van der Waals surface area contributed by atoms with E-state index in [1.54, 1.807) is 31.6 Å². The van der Waals surface area contributed by atoms with Gasteiger partial charge in [-0.15, -0.1) is 0 Å². The van der Waals surface area contributed by atoms with Crippen LogP contribution >= 0.6 is 0 Å². The first-order valence-corrected chi connectivity index (χ1v) is 9.15. The van der Waals surface area contributed by atoms with E-state index in [0.717, 1.165) is 29.0 Å². The number of ether oxygens (including phenoxy) is 2. The van der Waals surface area contributed by atoms with E-state index >= 15 is 0 Å². The summed E-state index contributed by atoms with van der Waals surface area (Å²) in [5, 5.41) is 8.98. The van der Waals surface area contributed by atoms with Crippen LogP contribution in [0.3, 0.4) is 0 Å². The summed E-state index contributed by atoms with van der Waals surface area (Å²) >= 11 is 0. The molecule has 1 aromatic carbocycles. The van der Waals surface area contributed by atoms with Gasteiger partial charge in [0.05, 0.1) is 37.1 Å². The predicted octanol–water partition coefficient (Wildman–Crippen LogP) is 3.91. The molecule has 2 atom stereocenters. The maximum Gasteiger partial charge on any atom is 0.224 e. The van der Waals surface area contributed by atoms with Crippen LogP contribution in [0.5, 0.6) is 11.6 Å². The molecule has 4 rings (SSSR count). The number of hydrogen-bond donors (Lipinski definition) is 0. The van der Waals surface area contributed by atoms with E-state index in [2.05, 4.69) is 21.0 Å². The summed E-state index contributed by atoms with van der Waals surface area (Å²) in [7, 11) is 1.64. The van der Waals surface area contributed by atoms with Crippen LogP contribution in [-0.2, 0) is 0 Å². The van der Waals surface area contributed by atoms with Gasteiger partial charge in [0.1, 0.15) is 11.6 Å². The highest BCUT2D eigenvalue weighted by Crippen LogP contribution is 2.47. The van der Waals surface area contributed by atoms with Gasteiger partial charge < -0.3 is 9.47 Å². The highest BCUT2D eigenvalue weighted by atomic mass is 16.5. The molecule has 6 nitrogen and oxygen atoms in total. The number of hydrogen-bond acceptors (Lipinski definition) is 6. The normalized spacial score (nSPS) is 17.6. The Morgan fingerprint density at radius 1 is 1.11 bits per heavy atom. The summed E-state index contributed by atoms with van der Waals surface area (Å²) in [4.78, 5) is 13.3. The maximum absolute atomic E-state index is 8.98. The van der Waals surface area contributed by atoms with Gasteiger partial charge in [-0.25, -0.2) is 4.98 Å². The van der Waals surface area contributed by atoms with Gasteiger partial charge in [0.15, 0.2) is 0 Å². The van der Waals surface area contributed by atoms with Crippen LogP contribution in [0, 0.1) is 24.2 Å². The Bertz CT molecular complexity index is 1010. The Hall–Kier alpha value is -3.46. The van der Waals surface area contributed by atoms with Crippen molar-refractivity contribution in [1.82, 2.24) is 15.0 Å². The predicted molar refractivity (Wildman–Crippen MR) is 104 cm³/mol. The van der Waals surface area contributed by atoms with E-state index in [1.165, 1.54) is 0 Å². The van der Waals surface area contributed by atoms with Gasteiger partial charge in [0.25, 0.3) is 0 Å². The van der Waals surface area contributed by atoms with Crippen LogP contribution in [0.25, 0.3) is 11.1 Å². The molecule has 28 heavy (non-hydrogen) atoms. The van der Waals surface area contributed by atoms with Gasteiger partial charge in [-0.2, -0.15) is 10.2 Å². The summed E-state index contributed by atoms with van der Waals surface area (Å²) in [5.74, 6) is 2.83. The fraction of sp³-hybridized carbons (Fsp3) is 0.273. The van der Waals surface area contributed by atoms with Crippen LogP contribution in [0.4, 0.5) is 0 Å². The van der Waals surface area contributed by atoms with E-state index in [1.807, 2.05) is 31.2 Å². The molecule has 1 aliphatic rings. The third-order valence-corrected chi connectivity index (χ3v) is 4.93. The molecule has 1 fully saturated rings. The molecule has 0 amide bonds. The molecule has 0 bridgehead atoms. The van der Waals surface area contributed by atoms with Crippen molar-refractivity contribution in [1.29, 1.82) is 5.26 Å². The first-order chi connectivity index (χ1) is 13.7. The molecular formula is C22H20N4O2. The summed E-state index contributed by atoms with van der Waals surface area (Å²) in [6, 6.07) is 13.4. The molecule has 0 spiro atoms. The van der Waals surface area contributed by atoms with Crippen molar-refractivity contribution in [2.24, 2.45) is 5.92 Å². The quantitative estimate of drug-likeness (QED) is 0.652. The van der Waals surface area contributed by atoms with Crippen molar-refractivity contribution in [2.45, 2.75) is 19.3 Å². The second-order valence-corrected chi connectivity index (χ2v) is 6.86. The van der Waals surface area contributed by atoms with Crippen molar-refractivity contribution in [2.75, 3.05) is 13.7 Å². The van der Waals surface area contributed by atoms with Crippen molar-refractivity contribution in [3.8, 4) is 28.8 Å². The molecule has 6 heteroatoms. The lowest BCUT2D eigenvalue weighted by atomic mass is 10.1. The minimum atomic E-state index is 0.409. The third-order valence-electron chi connectivity index (χ3n) is 4.93. The Balaban J connectivity index is 1.46. The molecule has 0 N–H and O–H groups in total. The molecule has 2 unspecified atom stereocenters. The number of nitrogens with zero attached hydrogens (tertiary/aromatic N) is 4. The Morgan fingerprint density at radius 3 is 2.61 bits per heavy atom. The van der Waals surface area contributed by atoms with Crippen LogP contribution in [0.2, 0.25) is 0 Å². The molecule has 140 valence electrons. The first-order valence-electron chi connectivity index (χ1n) is 9.15. The Kier molecular flexibility index (Phi) is 4.90. The van der Waals surface area contributed by atoms with Gasteiger partial charge in [0, 0.05) is 23.7 Å². The van der Waals surface area contributed by atoms with Crippen molar-refractivity contribution in [3.63, 3.8) is 0 Å². The lowest BCUT2D eigenvalue weighted by Crippen LogP contribution is -2.05. The van der Waals surface area contributed by atoms with Crippen molar-refractivity contribution in [3.05, 3.63) is 65.9 Å².